The van der Waals surface area contributed by atoms with Crippen LogP contribution in [0.5, 0.6) is 0 Å². The molecule has 2 N–H and O–H groups in total. The summed E-state index contributed by atoms with van der Waals surface area (Å²) in [6.45, 7) is 6.45. The fraction of sp³-hybridized carbons (Fsp3) is 0.737. The van der Waals surface area contributed by atoms with Crippen LogP contribution in [-0.2, 0) is 6.54 Å². The molecule has 0 spiro atoms. The second-order valence-electron chi connectivity index (χ2n) is 7.43. The fourth-order valence-corrected chi connectivity index (χ4v) is 4.06. The molecule has 2 aliphatic heterocycles. The lowest BCUT2D eigenvalue weighted by molar-refractivity contribution is 0.0173. The molecule has 3 rings (SSSR count). The van der Waals surface area contributed by atoms with Gasteiger partial charge < -0.3 is 20.0 Å². The van der Waals surface area contributed by atoms with Crippen LogP contribution in [0.1, 0.15) is 37.9 Å². The number of likely N-dealkylation sites (tertiary alicyclic amines) is 2. The molecule has 0 saturated carbocycles. The van der Waals surface area contributed by atoms with Crippen LogP contribution in [0.15, 0.2) is 27.8 Å². The predicted molar refractivity (Wildman–Crippen MR) is 117 cm³/mol. The van der Waals surface area contributed by atoms with Gasteiger partial charge in [0.25, 0.3) is 0 Å². The molecule has 0 amide bonds. The number of hydrogen-bond acceptors (Lipinski definition) is 4. The van der Waals surface area contributed by atoms with Gasteiger partial charge in [0, 0.05) is 19.1 Å². The van der Waals surface area contributed by atoms with Gasteiger partial charge >= 0.3 is 0 Å². The maximum atomic E-state index is 5.39. The molecule has 2 aliphatic rings. The van der Waals surface area contributed by atoms with Crippen molar-refractivity contribution in [1.82, 2.24) is 20.4 Å². The van der Waals surface area contributed by atoms with Crippen LogP contribution in [0.2, 0.25) is 0 Å². The minimum Gasteiger partial charge on any atom is -0.467 e. The summed E-state index contributed by atoms with van der Waals surface area (Å²) in [5.74, 6) is 1.78. The second-order valence-corrected chi connectivity index (χ2v) is 7.43. The molecule has 1 aromatic rings. The van der Waals surface area contributed by atoms with Crippen molar-refractivity contribution in [1.29, 1.82) is 0 Å². The van der Waals surface area contributed by atoms with Crippen LogP contribution in [-0.4, -0.2) is 68.1 Å². The van der Waals surface area contributed by atoms with E-state index in [0.717, 1.165) is 18.3 Å². The smallest absolute Gasteiger partial charge is 0.191 e. The molecule has 0 atom stereocenters. The Kier molecular flexibility index (Phi) is 8.69. The van der Waals surface area contributed by atoms with Gasteiger partial charge in [-0.1, -0.05) is 6.42 Å². The van der Waals surface area contributed by atoms with E-state index in [9.17, 15) is 0 Å². The van der Waals surface area contributed by atoms with Gasteiger partial charge in [0.05, 0.1) is 12.8 Å². The van der Waals surface area contributed by atoms with Crippen molar-refractivity contribution in [2.45, 2.75) is 44.2 Å². The number of halogens is 1. The second kappa shape index (κ2) is 10.5. The van der Waals surface area contributed by atoms with Gasteiger partial charge in [-0.05, 0) is 71.0 Å². The maximum absolute atomic E-state index is 5.39. The van der Waals surface area contributed by atoms with Crippen LogP contribution in [0.25, 0.3) is 0 Å². The summed E-state index contributed by atoms with van der Waals surface area (Å²) < 4.78 is 5.39. The lowest BCUT2D eigenvalue weighted by Gasteiger charge is -2.50. The van der Waals surface area contributed by atoms with Crippen molar-refractivity contribution in [2.75, 3.05) is 46.8 Å². The molecule has 0 unspecified atom stereocenters. The average molecular weight is 475 g/mol. The Morgan fingerprint density at radius 2 is 1.88 bits per heavy atom. The molecule has 0 bridgehead atoms. The van der Waals surface area contributed by atoms with Gasteiger partial charge in [-0.3, -0.25) is 9.89 Å². The third-order valence-corrected chi connectivity index (χ3v) is 5.76. The third kappa shape index (κ3) is 5.60. The van der Waals surface area contributed by atoms with E-state index in [4.69, 9.17) is 4.42 Å². The van der Waals surface area contributed by atoms with Gasteiger partial charge in [-0.2, -0.15) is 0 Å². The van der Waals surface area contributed by atoms with Crippen molar-refractivity contribution < 1.29 is 4.42 Å². The molecule has 3 heterocycles. The highest BCUT2D eigenvalue weighted by molar-refractivity contribution is 14.0. The molecule has 7 heteroatoms. The van der Waals surface area contributed by atoms with E-state index in [-0.39, 0.29) is 29.5 Å². The Labute approximate surface area is 174 Å². The van der Waals surface area contributed by atoms with Crippen molar-refractivity contribution in [2.24, 2.45) is 4.99 Å². The summed E-state index contributed by atoms with van der Waals surface area (Å²) in [7, 11) is 4.07. The minimum atomic E-state index is 0. The highest BCUT2D eigenvalue weighted by Crippen LogP contribution is 2.30. The summed E-state index contributed by atoms with van der Waals surface area (Å²) >= 11 is 0. The van der Waals surface area contributed by atoms with Gasteiger partial charge in [-0.15, -0.1) is 24.0 Å². The van der Waals surface area contributed by atoms with Crippen molar-refractivity contribution in [3.63, 3.8) is 0 Å². The molecular formula is C19H34IN5O. The fourth-order valence-electron chi connectivity index (χ4n) is 4.06. The van der Waals surface area contributed by atoms with Crippen LogP contribution in [0.4, 0.5) is 0 Å². The van der Waals surface area contributed by atoms with E-state index < -0.39 is 0 Å². The van der Waals surface area contributed by atoms with Crippen molar-refractivity contribution in [3.05, 3.63) is 24.2 Å². The highest BCUT2D eigenvalue weighted by Gasteiger charge is 2.39. The van der Waals surface area contributed by atoms with E-state index in [1.54, 1.807) is 6.26 Å². The molecule has 6 nitrogen and oxygen atoms in total. The number of nitrogens with one attached hydrogen (secondary N) is 2. The number of aliphatic imine (C=N–C) groups is 1. The van der Waals surface area contributed by atoms with Crippen LogP contribution >= 0.6 is 24.0 Å². The van der Waals surface area contributed by atoms with E-state index in [2.05, 4.69) is 32.5 Å². The molecule has 148 valence electrons. The van der Waals surface area contributed by atoms with Crippen molar-refractivity contribution >= 4 is 29.9 Å². The van der Waals surface area contributed by atoms with Crippen molar-refractivity contribution in [3.8, 4) is 0 Å². The largest absolute Gasteiger partial charge is 0.467 e. The standard InChI is InChI=1S/C19H33N5O.HI/c1-20-18(21-15-17-7-6-14-25-17)22-16-19(8-12-23(2)13-9-19)24-10-4-3-5-11-24;/h6-7,14H,3-5,8-13,15-16H2,1-2H3,(H2,20,21,22);1H. The van der Waals surface area contributed by atoms with Crippen LogP contribution in [0.3, 0.4) is 0 Å². The molecule has 2 saturated heterocycles. The molecule has 2 fully saturated rings. The normalized spacial score (nSPS) is 21.8. The summed E-state index contributed by atoms with van der Waals surface area (Å²) in [6, 6.07) is 3.89. The average Bonchev–Trinajstić information content (AvgIpc) is 3.18. The van der Waals surface area contributed by atoms with E-state index in [1.165, 1.54) is 58.3 Å². The molecule has 0 aromatic carbocycles. The zero-order chi connectivity index (χ0) is 17.5. The van der Waals surface area contributed by atoms with E-state index in [1.807, 2.05) is 19.2 Å². The summed E-state index contributed by atoms with van der Waals surface area (Å²) in [5.41, 5.74) is 0.259. The number of guanidine groups is 1. The van der Waals surface area contributed by atoms with Gasteiger partial charge in [0.15, 0.2) is 5.96 Å². The molecule has 26 heavy (non-hydrogen) atoms. The Morgan fingerprint density at radius 3 is 2.50 bits per heavy atom. The summed E-state index contributed by atoms with van der Waals surface area (Å²) in [4.78, 5) is 9.58. The lowest BCUT2D eigenvalue weighted by atomic mass is 9.84. The van der Waals surface area contributed by atoms with Gasteiger partial charge in [-0.25, -0.2) is 0 Å². The molecule has 1 aromatic heterocycles. The first-order valence-corrected chi connectivity index (χ1v) is 9.62. The Morgan fingerprint density at radius 1 is 1.15 bits per heavy atom. The Bertz CT molecular complexity index is 534. The maximum Gasteiger partial charge on any atom is 0.191 e. The lowest BCUT2D eigenvalue weighted by Crippen LogP contribution is -2.62. The first-order valence-electron chi connectivity index (χ1n) is 9.62. The number of piperidine rings is 2. The van der Waals surface area contributed by atoms with Gasteiger partial charge in [0.2, 0.25) is 0 Å². The number of hydrogen-bond donors (Lipinski definition) is 2. The first-order chi connectivity index (χ1) is 12.2. The van der Waals surface area contributed by atoms with Gasteiger partial charge in [0.1, 0.15) is 5.76 Å². The molecular weight excluding hydrogens is 441 g/mol. The van der Waals surface area contributed by atoms with Crippen LogP contribution in [0, 0.1) is 0 Å². The highest BCUT2D eigenvalue weighted by atomic mass is 127. The SMILES string of the molecule is CN=C(NCc1ccco1)NCC1(N2CCCCC2)CCN(C)CC1.I. The monoisotopic (exact) mass is 475 g/mol. The van der Waals surface area contributed by atoms with E-state index in [0.29, 0.717) is 6.54 Å². The number of rotatable bonds is 5. The predicted octanol–water partition coefficient (Wildman–Crippen LogP) is 2.51. The summed E-state index contributed by atoms with van der Waals surface area (Å²) in [6.07, 6.45) is 8.22. The minimum absolute atomic E-state index is 0. The Balaban J connectivity index is 0.00000243. The first kappa shape index (κ1) is 21.5. The number of nitrogens with zero attached hydrogens (tertiary/aromatic N) is 3. The molecule has 0 radical (unpaired) electrons. The number of furan rings is 1. The topological polar surface area (TPSA) is 56.0 Å². The summed E-state index contributed by atoms with van der Waals surface area (Å²) in [5, 5.41) is 6.95. The Hall–Kier alpha value is -0.800. The third-order valence-electron chi connectivity index (χ3n) is 5.76. The zero-order valence-electron chi connectivity index (χ0n) is 16.2. The van der Waals surface area contributed by atoms with E-state index >= 15 is 0 Å². The van der Waals surface area contributed by atoms with Crippen LogP contribution < -0.4 is 10.6 Å². The molecule has 0 aliphatic carbocycles. The quantitative estimate of drug-likeness (QED) is 0.390. The zero-order valence-corrected chi connectivity index (χ0v) is 18.5.